The van der Waals surface area contributed by atoms with Gasteiger partial charge in [0.2, 0.25) is 0 Å². The highest BCUT2D eigenvalue weighted by molar-refractivity contribution is 6.22. The molecule has 20 heavy (non-hydrogen) atoms. The molecular weight excluding hydrogens is 272 g/mol. The Labute approximate surface area is 111 Å². The first kappa shape index (κ1) is 15.4. The smallest absolute Gasteiger partial charge is 0.136 e. The van der Waals surface area contributed by atoms with Crippen LogP contribution in [0.3, 0.4) is 0 Å². The molecule has 104 valence electrons. The number of carbonyl (C=O) groups excluding carboxylic acids is 8. The van der Waals surface area contributed by atoms with Crippen molar-refractivity contribution in [3.05, 3.63) is 0 Å². The third-order valence-corrected chi connectivity index (χ3v) is 4.23. The van der Waals surface area contributed by atoms with E-state index in [0.717, 1.165) is 0 Å². The Morgan fingerprint density at radius 2 is 0.400 bits per heavy atom. The van der Waals surface area contributed by atoms with Crippen LogP contribution in [0.4, 0.5) is 0 Å². The van der Waals surface area contributed by atoms with E-state index in [-0.39, 0.29) is 50.3 Å². The fourth-order valence-electron chi connectivity index (χ4n) is 2.98. The van der Waals surface area contributed by atoms with Crippen LogP contribution in [0.2, 0.25) is 0 Å². The molecule has 0 N–H and O–H groups in total. The largest absolute Gasteiger partial charge is 0.302 e. The van der Waals surface area contributed by atoms with Crippen LogP contribution in [-0.2, 0) is 38.4 Å². The lowest BCUT2D eigenvalue weighted by molar-refractivity contribution is -0.227. The normalized spacial score (nSPS) is 23.2. The maximum atomic E-state index is 11.2. The molecule has 1 rings (SSSR count). The molecule has 0 heterocycles. The second kappa shape index (κ2) is 4.48. The zero-order valence-electron chi connectivity index (χ0n) is 9.88. The van der Waals surface area contributed by atoms with Gasteiger partial charge in [0.15, 0.2) is 0 Å². The van der Waals surface area contributed by atoms with Crippen molar-refractivity contribution in [1.29, 1.82) is 0 Å². The second-order valence-electron chi connectivity index (χ2n) is 4.42. The molecule has 0 atom stereocenters. The first-order chi connectivity index (χ1) is 9.49. The van der Waals surface area contributed by atoms with Gasteiger partial charge < -0.3 is 38.4 Å². The first-order valence-electron chi connectivity index (χ1n) is 5.20. The van der Waals surface area contributed by atoms with Crippen LogP contribution in [0.15, 0.2) is 0 Å². The summed E-state index contributed by atoms with van der Waals surface area (Å²) in [5.41, 5.74) is -10.9. The van der Waals surface area contributed by atoms with Crippen molar-refractivity contribution in [3.8, 4) is 0 Å². The Morgan fingerprint density at radius 1 is 0.300 bits per heavy atom. The predicted molar refractivity (Wildman–Crippen MR) is 58.2 cm³/mol. The summed E-state index contributed by atoms with van der Waals surface area (Å²) in [4.78, 5) is 89.8. The van der Waals surface area contributed by atoms with Crippen LogP contribution >= 0.6 is 0 Å². The van der Waals surface area contributed by atoms with Crippen molar-refractivity contribution < 1.29 is 38.4 Å². The molecule has 0 spiro atoms. The monoisotopic (exact) mass is 280 g/mol. The minimum atomic E-state index is -2.73. The van der Waals surface area contributed by atoms with E-state index in [2.05, 4.69) is 0 Å². The lowest BCUT2D eigenvalue weighted by atomic mass is 9.26. The van der Waals surface area contributed by atoms with Gasteiger partial charge in [0, 0.05) is 0 Å². The van der Waals surface area contributed by atoms with Gasteiger partial charge in [-0.25, -0.2) is 0 Å². The van der Waals surface area contributed by atoms with Crippen LogP contribution in [0.5, 0.6) is 0 Å². The highest BCUT2D eigenvalue weighted by Gasteiger charge is 2.90. The lowest BCUT2D eigenvalue weighted by Crippen LogP contribution is -2.84. The van der Waals surface area contributed by atoms with Gasteiger partial charge in [0.1, 0.15) is 71.9 Å². The summed E-state index contributed by atoms with van der Waals surface area (Å²) in [5, 5.41) is 0. The van der Waals surface area contributed by atoms with Crippen molar-refractivity contribution >= 4 is 50.3 Å². The van der Waals surface area contributed by atoms with Crippen molar-refractivity contribution in [2.75, 3.05) is 0 Å². The van der Waals surface area contributed by atoms with Crippen LogP contribution in [-0.4, -0.2) is 50.3 Å². The standard InChI is InChI=1S/C12H8O8/c13-1-9(2-14)10(3-15,4-16)12(7-19,8-20)11(9,5-17)6-18/h1-8H. The Kier molecular flexibility index (Phi) is 3.45. The Hall–Kier alpha value is -2.64. The molecule has 0 aromatic heterocycles. The van der Waals surface area contributed by atoms with Gasteiger partial charge in [-0.05, 0) is 0 Å². The second-order valence-corrected chi connectivity index (χ2v) is 4.42. The van der Waals surface area contributed by atoms with E-state index in [4.69, 9.17) is 0 Å². The number of hydrogen-bond donors (Lipinski definition) is 0. The molecule has 0 amide bonds. The lowest BCUT2D eigenvalue weighted by Gasteiger charge is -2.65. The van der Waals surface area contributed by atoms with Crippen LogP contribution in [0.25, 0.3) is 0 Å². The van der Waals surface area contributed by atoms with Crippen LogP contribution in [0, 0.1) is 21.7 Å². The van der Waals surface area contributed by atoms with E-state index in [1.807, 2.05) is 0 Å². The zero-order chi connectivity index (χ0) is 15.7. The van der Waals surface area contributed by atoms with Gasteiger partial charge in [-0.15, -0.1) is 0 Å². The van der Waals surface area contributed by atoms with Gasteiger partial charge in [-0.1, -0.05) is 0 Å². The summed E-state index contributed by atoms with van der Waals surface area (Å²) in [5.74, 6) is 0. The summed E-state index contributed by atoms with van der Waals surface area (Å²) < 4.78 is 0. The minimum absolute atomic E-state index is 0.239. The molecule has 1 saturated carbocycles. The fraction of sp³-hybridized carbons (Fsp3) is 0.333. The molecule has 0 aromatic rings. The highest BCUT2D eigenvalue weighted by Crippen LogP contribution is 2.72. The average Bonchev–Trinajstić information content (AvgIpc) is 2.50. The van der Waals surface area contributed by atoms with Gasteiger partial charge in [-0.2, -0.15) is 0 Å². The predicted octanol–water partition coefficient (Wildman–Crippen LogP) is -2.46. The molecule has 1 aliphatic carbocycles. The van der Waals surface area contributed by atoms with E-state index in [1.165, 1.54) is 0 Å². The molecule has 8 nitrogen and oxygen atoms in total. The van der Waals surface area contributed by atoms with E-state index in [0.29, 0.717) is 0 Å². The molecule has 0 bridgehead atoms. The SMILES string of the molecule is O=CC1(C=O)C(C=O)(C=O)C(C=O)(C=O)C1(C=O)C=O. The molecular formula is C12H8O8. The van der Waals surface area contributed by atoms with Crippen molar-refractivity contribution in [3.63, 3.8) is 0 Å². The topological polar surface area (TPSA) is 137 Å². The van der Waals surface area contributed by atoms with Gasteiger partial charge >= 0.3 is 0 Å². The summed E-state index contributed by atoms with van der Waals surface area (Å²) in [6.07, 6.45) is -1.91. The number of hydrogen-bond acceptors (Lipinski definition) is 8. The third-order valence-electron chi connectivity index (χ3n) is 4.23. The molecule has 0 unspecified atom stereocenters. The van der Waals surface area contributed by atoms with Gasteiger partial charge in [0.25, 0.3) is 0 Å². The molecule has 0 radical (unpaired) electrons. The first-order valence-corrected chi connectivity index (χ1v) is 5.20. The molecule has 8 heteroatoms. The van der Waals surface area contributed by atoms with Crippen molar-refractivity contribution in [2.24, 2.45) is 21.7 Å². The molecule has 1 aliphatic rings. The molecule has 1 fully saturated rings. The van der Waals surface area contributed by atoms with E-state index >= 15 is 0 Å². The molecule has 0 aromatic carbocycles. The summed E-state index contributed by atoms with van der Waals surface area (Å²) in [7, 11) is 0. The minimum Gasteiger partial charge on any atom is -0.302 e. The third kappa shape index (κ3) is 0.963. The number of aldehydes is 8. The number of carbonyl (C=O) groups is 8. The quantitative estimate of drug-likeness (QED) is 0.352. The van der Waals surface area contributed by atoms with Gasteiger partial charge in [-0.3, -0.25) is 0 Å². The van der Waals surface area contributed by atoms with Crippen molar-refractivity contribution in [1.82, 2.24) is 0 Å². The molecule has 0 saturated heterocycles. The Morgan fingerprint density at radius 3 is 0.450 bits per heavy atom. The Bertz CT molecular complexity index is 388. The average molecular weight is 280 g/mol. The zero-order valence-corrected chi connectivity index (χ0v) is 9.88. The maximum Gasteiger partial charge on any atom is 0.136 e. The van der Waals surface area contributed by atoms with Gasteiger partial charge in [0.05, 0.1) is 0 Å². The van der Waals surface area contributed by atoms with Crippen molar-refractivity contribution in [2.45, 2.75) is 0 Å². The van der Waals surface area contributed by atoms with Crippen LogP contribution in [0.1, 0.15) is 0 Å². The maximum absolute atomic E-state index is 11.2. The Balaban J connectivity index is 4.02. The molecule has 0 aliphatic heterocycles. The van der Waals surface area contributed by atoms with Crippen LogP contribution < -0.4 is 0 Å². The summed E-state index contributed by atoms with van der Waals surface area (Å²) in [6.45, 7) is 0. The van der Waals surface area contributed by atoms with E-state index in [1.54, 1.807) is 0 Å². The number of rotatable bonds is 8. The highest BCUT2D eigenvalue weighted by atomic mass is 16.2. The van der Waals surface area contributed by atoms with E-state index in [9.17, 15) is 38.4 Å². The fourth-order valence-corrected chi connectivity index (χ4v) is 2.98. The summed E-state index contributed by atoms with van der Waals surface area (Å²) in [6, 6.07) is 0. The van der Waals surface area contributed by atoms with E-state index < -0.39 is 21.7 Å². The summed E-state index contributed by atoms with van der Waals surface area (Å²) >= 11 is 0.